The highest BCUT2D eigenvalue weighted by molar-refractivity contribution is 6.04. The lowest BCUT2D eigenvalue weighted by Crippen LogP contribution is -2.55. The van der Waals surface area contributed by atoms with Crippen LogP contribution in [0, 0.1) is 11.8 Å². The van der Waals surface area contributed by atoms with Gasteiger partial charge in [0.05, 0.1) is 24.6 Å². The Morgan fingerprint density at radius 3 is 2.55 bits per heavy atom. The molecule has 1 aromatic carbocycles. The highest BCUT2D eigenvalue weighted by Crippen LogP contribution is 2.43. The van der Waals surface area contributed by atoms with Gasteiger partial charge in [-0.25, -0.2) is 4.98 Å². The van der Waals surface area contributed by atoms with Gasteiger partial charge in [0, 0.05) is 38.3 Å². The normalized spacial score (nSPS) is 27.7. The van der Waals surface area contributed by atoms with Crippen molar-refractivity contribution in [1.29, 1.82) is 0 Å². The maximum Gasteiger partial charge on any atom is 0.251 e. The number of methoxy groups -OCH3 is 1. The third-order valence-corrected chi connectivity index (χ3v) is 9.74. The number of carbonyl (C=O) groups excluding carboxylic acids is 2. The number of aromatic nitrogens is 2. The molecule has 1 aromatic heterocycles. The Labute approximate surface area is 247 Å². The Bertz CT molecular complexity index is 1330. The van der Waals surface area contributed by atoms with E-state index in [4.69, 9.17) is 9.72 Å². The van der Waals surface area contributed by atoms with Gasteiger partial charge in [-0.15, -0.1) is 0 Å². The molecule has 42 heavy (non-hydrogen) atoms. The summed E-state index contributed by atoms with van der Waals surface area (Å²) < 4.78 is 5.63. The fraction of sp³-hybridized carbons (Fsp3) is 0.613. The van der Waals surface area contributed by atoms with Gasteiger partial charge in [-0.2, -0.15) is 4.98 Å². The van der Waals surface area contributed by atoms with Crippen LogP contribution in [0.5, 0.6) is 5.75 Å². The lowest BCUT2D eigenvalue weighted by atomic mass is 9.99. The van der Waals surface area contributed by atoms with Crippen LogP contribution >= 0.6 is 0 Å². The van der Waals surface area contributed by atoms with Crippen LogP contribution in [0.2, 0.25) is 0 Å². The number of benzene rings is 1. The number of aliphatic hydroxyl groups is 1. The molecule has 3 heterocycles. The van der Waals surface area contributed by atoms with Gasteiger partial charge in [0.2, 0.25) is 11.9 Å². The van der Waals surface area contributed by atoms with Crippen molar-refractivity contribution in [3.8, 4) is 5.75 Å². The molecular formula is C31H43N7O4. The molecule has 4 aliphatic rings. The second kappa shape index (κ2) is 11.3. The molecule has 0 bridgehead atoms. The maximum atomic E-state index is 13.2. The van der Waals surface area contributed by atoms with Crippen molar-refractivity contribution in [3.05, 3.63) is 30.0 Å². The van der Waals surface area contributed by atoms with Gasteiger partial charge < -0.3 is 35.2 Å². The number of hydrogen-bond acceptors (Lipinski definition) is 9. The van der Waals surface area contributed by atoms with Crippen molar-refractivity contribution in [2.75, 3.05) is 56.0 Å². The Balaban J connectivity index is 1.17. The van der Waals surface area contributed by atoms with Crippen LogP contribution < -0.4 is 25.2 Å². The second-order valence-electron chi connectivity index (χ2n) is 12.7. The Morgan fingerprint density at radius 2 is 1.88 bits per heavy atom. The number of hydrogen-bond donors (Lipinski definition) is 3. The van der Waals surface area contributed by atoms with Crippen LogP contribution in [0.1, 0.15) is 62.2 Å². The molecular weight excluding hydrogens is 534 g/mol. The van der Waals surface area contributed by atoms with Crippen LogP contribution in [0.3, 0.4) is 0 Å². The molecule has 6 rings (SSSR count). The molecule has 11 heteroatoms. The average Bonchev–Trinajstić information content (AvgIpc) is 3.69. The average molecular weight is 578 g/mol. The van der Waals surface area contributed by atoms with Crippen molar-refractivity contribution in [1.82, 2.24) is 20.2 Å². The quantitative estimate of drug-likeness (QED) is 0.434. The molecule has 1 saturated heterocycles. The van der Waals surface area contributed by atoms with Crippen molar-refractivity contribution in [2.24, 2.45) is 11.8 Å². The molecule has 2 saturated carbocycles. The van der Waals surface area contributed by atoms with Crippen LogP contribution in [0.25, 0.3) is 0 Å². The van der Waals surface area contributed by atoms with E-state index in [1.807, 2.05) is 6.92 Å². The summed E-state index contributed by atoms with van der Waals surface area (Å²) in [4.78, 5) is 41.8. The molecule has 2 aliphatic heterocycles. The van der Waals surface area contributed by atoms with E-state index in [2.05, 4.69) is 32.5 Å². The van der Waals surface area contributed by atoms with E-state index in [1.165, 1.54) is 0 Å². The lowest BCUT2D eigenvalue weighted by Gasteiger charge is -2.43. The van der Waals surface area contributed by atoms with Gasteiger partial charge in [-0.05, 0) is 69.2 Å². The number of rotatable bonds is 8. The van der Waals surface area contributed by atoms with E-state index < -0.39 is 5.60 Å². The van der Waals surface area contributed by atoms with E-state index in [1.54, 1.807) is 43.5 Å². The number of anilines is 4. The monoisotopic (exact) mass is 577 g/mol. The third-order valence-electron chi connectivity index (χ3n) is 9.74. The fourth-order valence-corrected chi connectivity index (χ4v) is 7.69. The number of likely N-dealkylation sites (N-methyl/N-ethyl adjacent to an activating group) is 1. The predicted molar refractivity (Wildman–Crippen MR) is 162 cm³/mol. The summed E-state index contributed by atoms with van der Waals surface area (Å²) in [7, 11) is 5.46. The van der Waals surface area contributed by atoms with Crippen LogP contribution in [-0.2, 0) is 4.79 Å². The number of nitrogens with one attached hydrogen (secondary N) is 2. The molecule has 226 valence electrons. The van der Waals surface area contributed by atoms with Crippen LogP contribution in [0.15, 0.2) is 24.4 Å². The Kier molecular flexibility index (Phi) is 7.74. The molecule has 2 aliphatic carbocycles. The smallest absolute Gasteiger partial charge is 0.251 e. The fourth-order valence-electron chi connectivity index (χ4n) is 7.69. The molecule has 0 spiro atoms. The Morgan fingerprint density at radius 1 is 1.17 bits per heavy atom. The molecule has 2 aromatic rings. The number of fused-ring (bicyclic) bond motifs is 2. The zero-order valence-corrected chi connectivity index (χ0v) is 25.1. The SMILES string of the molecule is CC[C@@H]1C(=O)N(C)c2cnc(Nc3ccc(C(=O)NCC4(O)C[C@H]5CN(C)C[C@H]5C4)cc3OC)nc2N1C1CCCC1. The van der Waals surface area contributed by atoms with E-state index in [9.17, 15) is 14.7 Å². The van der Waals surface area contributed by atoms with Gasteiger partial charge >= 0.3 is 0 Å². The van der Waals surface area contributed by atoms with E-state index in [0.717, 1.165) is 57.4 Å². The summed E-state index contributed by atoms with van der Waals surface area (Å²) in [5.41, 5.74) is 0.924. The molecule has 3 fully saturated rings. The highest BCUT2D eigenvalue weighted by atomic mass is 16.5. The second-order valence-corrected chi connectivity index (χ2v) is 12.7. The number of likely N-dealkylation sites (tertiary alicyclic amines) is 1. The molecule has 2 amide bonds. The topological polar surface area (TPSA) is 123 Å². The van der Waals surface area contributed by atoms with Gasteiger partial charge in [0.25, 0.3) is 5.91 Å². The first-order chi connectivity index (χ1) is 20.2. The molecule has 0 radical (unpaired) electrons. The van der Waals surface area contributed by atoms with Crippen LogP contribution in [-0.4, -0.2) is 90.3 Å². The van der Waals surface area contributed by atoms with Crippen molar-refractivity contribution < 1.29 is 19.4 Å². The zero-order valence-electron chi connectivity index (χ0n) is 25.1. The molecule has 4 atom stereocenters. The zero-order chi connectivity index (χ0) is 29.6. The number of ether oxygens (including phenoxy) is 1. The van der Waals surface area contributed by atoms with E-state index in [0.29, 0.717) is 46.9 Å². The standard InChI is InChI=1S/C31H43N7O4/c1-5-24-29(40)37(3)25-15-32-30(35-27(25)38(24)22-8-6-7-9-22)34-23-11-10-19(12-26(23)42-4)28(39)33-18-31(41)13-20-16-36(2)17-21(20)14-31/h10-12,15,20-22,24,41H,5-9,13-14,16-18H2,1-4H3,(H,33,39)(H,32,34,35)/t20-,21+,24-,31?/m1/s1. The summed E-state index contributed by atoms with van der Waals surface area (Å²) in [5.74, 6) is 2.45. The summed E-state index contributed by atoms with van der Waals surface area (Å²) in [5, 5.41) is 17.3. The first-order valence-corrected chi connectivity index (χ1v) is 15.3. The number of amides is 2. The van der Waals surface area contributed by atoms with E-state index >= 15 is 0 Å². The molecule has 1 unspecified atom stereocenters. The first kappa shape index (κ1) is 28.7. The summed E-state index contributed by atoms with van der Waals surface area (Å²) in [6.45, 7) is 4.30. The minimum absolute atomic E-state index is 0.0762. The number of nitrogens with zero attached hydrogens (tertiary/aromatic N) is 5. The minimum Gasteiger partial charge on any atom is -0.495 e. The molecule has 11 nitrogen and oxygen atoms in total. The summed E-state index contributed by atoms with van der Waals surface area (Å²) in [6.07, 6.45) is 8.25. The van der Waals surface area contributed by atoms with Gasteiger partial charge in [0.1, 0.15) is 17.5 Å². The first-order valence-electron chi connectivity index (χ1n) is 15.3. The van der Waals surface area contributed by atoms with E-state index in [-0.39, 0.29) is 30.4 Å². The third kappa shape index (κ3) is 5.28. The summed E-state index contributed by atoms with van der Waals surface area (Å²) in [6, 6.07) is 5.22. The van der Waals surface area contributed by atoms with Crippen molar-refractivity contribution in [2.45, 2.75) is 69.6 Å². The van der Waals surface area contributed by atoms with Gasteiger partial charge in [-0.1, -0.05) is 19.8 Å². The highest BCUT2D eigenvalue weighted by Gasteiger charge is 2.47. The predicted octanol–water partition coefficient (Wildman–Crippen LogP) is 3.17. The molecule has 3 N–H and O–H groups in total. The van der Waals surface area contributed by atoms with Crippen molar-refractivity contribution in [3.63, 3.8) is 0 Å². The van der Waals surface area contributed by atoms with Crippen LogP contribution in [0.4, 0.5) is 23.1 Å². The lowest BCUT2D eigenvalue weighted by molar-refractivity contribution is -0.120. The Hall–Kier alpha value is -3.44. The summed E-state index contributed by atoms with van der Waals surface area (Å²) >= 11 is 0. The largest absolute Gasteiger partial charge is 0.495 e. The van der Waals surface area contributed by atoms with Crippen molar-refractivity contribution >= 4 is 35.0 Å². The minimum atomic E-state index is -0.858. The maximum absolute atomic E-state index is 13.2. The van der Waals surface area contributed by atoms with Gasteiger partial charge in [0.15, 0.2) is 5.82 Å². The van der Waals surface area contributed by atoms with Gasteiger partial charge in [-0.3, -0.25) is 9.59 Å². The number of carbonyl (C=O) groups is 2.